The number of aliphatic imine (C=N–C) groups is 1. The maximum atomic E-state index is 6.08. The molecule has 0 radical (unpaired) electrons. The number of nitrogens with one attached hydrogen (secondary N) is 2. The Morgan fingerprint density at radius 3 is 2.61 bits per heavy atom. The largest absolute Gasteiger partial charge is 0.356 e. The van der Waals surface area contributed by atoms with Crippen molar-refractivity contribution in [1.29, 1.82) is 0 Å². The highest BCUT2D eigenvalue weighted by Crippen LogP contribution is 2.13. The van der Waals surface area contributed by atoms with Crippen LogP contribution >= 0.6 is 35.6 Å². The minimum Gasteiger partial charge on any atom is -0.356 e. The molecule has 0 aromatic heterocycles. The van der Waals surface area contributed by atoms with Crippen LogP contribution in [-0.4, -0.2) is 19.6 Å². The molecule has 0 atom stereocenters. The number of hydrogen-bond acceptors (Lipinski definition) is 1. The second-order valence-corrected chi connectivity index (χ2v) is 4.20. The molecule has 2 N–H and O–H groups in total. The molecule has 18 heavy (non-hydrogen) atoms. The molecule has 0 saturated carbocycles. The van der Waals surface area contributed by atoms with Gasteiger partial charge >= 0.3 is 0 Å². The molecule has 0 saturated heterocycles. The van der Waals surface area contributed by atoms with E-state index in [1.54, 1.807) is 7.05 Å². The van der Waals surface area contributed by atoms with Crippen molar-refractivity contribution in [3.05, 3.63) is 34.9 Å². The minimum absolute atomic E-state index is 0. The Kier molecular flexibility index (Phi) is 10.2. The average molecular weight is 382 g/mol. The molecule has 1 aromatic carbocycles. The fraction of sp³-hybridized carbons (Fsp3) is 0.462. The summed E-state index contributed by atoms with van der Waals surface area (Å²) in [6, 6.07) is 7.82. The molecule has 1 rings (SSSR count). The molecular formula is C13H21ClIN3. The summed E-state index contributed by atoms with van der Waals surface area (Å²) in [5.74, 6) is 0.818. The van der Waals surface area contributed by atoms with Crippen molar-refractivity contribution in [2.75, 3.05) is 13.6 Å². The van der Waals surface area contributed by atoms with Gasteiger partial charge in [-0.05, 0) is 18.1 Å². The van der Waals surface area contributed by atoms with E-state index in [4.69, 9.17) is 11.6 Å². The summed E-state index contributed by atoms with van der Waals surface area (Å²) in [5.41, 5.74) is 1.08. The van der Waals surface area contributed by atoms with Crippen molar-refractivity contribution < 1.29 is 0 Å². The lowest BCUT2D eigenvalue weighted by Gasteiger charge is -2.12. The van der Waals surface area contributed by atoms with Gasteiger partial charge in [-0.25, -0.2) is 0 Å². The molecule has 0 aliphatic heterocycles. The quantitative estimate of drug-likeness (QED) is 0.355. The minimum atomic E-state index is 0. The number of nitrogens with zero attached hydrogens (tertiary/aromatic N) is 1. The zero-order chi connectivity index (χ0) is 12.5. The second-order valence-electron chi connectivity index (χ2n) is 3.80. The van der Waals surface area contributed by atoms with E-state index in [0.29, 0.717) is 6.54 Å². The maximum absolute atomic E-state index is 6.08. The van der Waals surface area contributed by atoms with Crippen LogP contribution in [0.1, 0.15) is 25.3 Å². The lowest BCUT2D eigenvalue weighted by molar-refractivity contribution is 0.729. The zero-order valence-corrected chi connectivity index (χ0v) is 14.0. The molecule has 0 bridgehead atoms. The van der Waals surface area contributed by atoms with Crippen LogP contribution in [-0.2, 0) is 6.54 Å². The van der Waals surface area contributed by atoms with Crippen LogP contribution in [0.3, 0.4) is 0 Å². The van der Waals surface area contributed by atoms with Gasteiger partial charge in [0.1, 0.15) is 0 Å². The third-order valence-corrected chi connectivity index (χ3v) is 2.82. The molecular weight excluding hydrogens is 361 g/mol. The van der Waals surface area contributed by atoms with Crippen molar-refractivity contribution in [2.45, 2.75) is 26.3 Å². The van der Waals surface area contributed by atoms with Crippen LogP contribution < -0.4 is 10.6 Å². The van der Waals surface area contributed by atoms with E-state index < -0.39 is 0 Å². The number of unbranched alkanes of at least 4 members (excludes halogenated alkanes) is 1. The highest BCUT2D eigenvalue weighted by molar-refractivity contribution is 14.0. The Hall–Kier alpha value is -0.490. The SMILES string of the molecule is CCCCNC(=NC)NCc1ccccc1Cl.I. The first-order valence-electron chi connectivity index (χ1n) is 5.95. The smallest absolute Gasteiger partial charge is 0.191 e. The van der Waals surface area contributed by atoms with Crippen LogP contribution in [0.25, 0.3) is 0 Å². The van der Waals surface area contributed by atoms with Crippen molar-refractivity contribution in [3.8, 4) is 0 Å². The first-order chi connectivity index (χ1) is 8.27. The van der Waals surface area contributed by atoms with E-state index in [1.807, 2.05) is 24.3 Å². The first kappa shape index (κ1) is 17.5. The number of rotatable bonds is 5. The summed E-state index contributed by atoms with van der Waals surface area (Å²) in [5, 5.41) is 7.28. The molecule has 0 aliphatic carbocycles. The predicted octanol–water partition coefficient (Wildman–Crippen LogP) is 3.42. The molecule has 0 fully saturated rings. The number of benzene rings is 1. The third kappa shape index (κ3) is 6.44. The molecule has 5 heteroatoms. The molecule has 0 spiro atoms. The fourth-order valence-corrected chi connectivity index (χ4v) is 1.63. The number of guanidine groups is 1. The average Bonchev–Trinajstić information content (AvgIpc) is 2.35. The van der Waals surface area contributed by atoms with Crippen molar-refractivity contribution in [1.82, 2.24) is 10.6 Å². The Morgan fingerprint density at radius 2 is 2.00 bits per heavy atom. The summed E-state index contributed by atoms with van der Waals surface area (Å²) < 4.78 is 0. The standard InChI is InChI=1S/C13H20ClN3.HI/c1-3-4-9-16-13(15-2)17-10-11-7-5-6-8-12(11)14;/h5-8H,3-4,9-10H2,1-2H3,(H2,15,16,17);1H. The Balaban J connectivity index is 0.00000289. The molecule has 1 aromatic rings. The van der Waals surface area contributed by atoms with E-state index in [2.05, 4.69) is 22.5 Å². The zero-order valence-electron chi connectivity index (χ0n) is 10.9. The van der Waals surface area contributed by atoms with Crippen molar-refractivity contribution in [3.63, 3.8) is 0 Å². The van der Waals surface area contributed by atoms with E-state index in [0.717, 1.165) is 29.5 Å². The molecule has 0 heterocycles. The Labute approximate surface area is 131 Å². The summed E-state index contributed by atoms with van der Waals surface area (Å²) in [6.07, 6.45) is 2.32. The van der Waals surface area contributed by atoms with E-state index >= 15 is 0 Å². The highest BCUT2D eigenvalue weighted by atomic mass is 127. The van der Waals surface area contributed by atoms with Gasteiger partial charge in [0, 0.05) is 25.2 Å². The van der Waals surface area contributed by atoms with Gasteiger partial charge in [-0.2, -0.15) is 0 Å². The van der Waals surface area contributed by atoms with Crippen LogP contribution in [0.15, 0.2) is 29.3 Å². The van der Waals surface area contributed by atoms with E-state index in [-0.39, 0.29) is 24.0 Å². The van der Waals surface area contributed by atoms with Crippen LogP contribution in [0, 0.1) is 0 Å². The molecule has 0 unspecified atom stereocenters. The Morgan fingerprint density at radius 1 is 1.28 bits per heavy atom. The van der Waals surface area contributed by atoms with Gasteiger partial charge in [0.2, 0.25) is 0 Å². The maximum Gasteiger partial charge on any atom is 0.191 e. The number of hydrogen-bond donors (Lipinski definition) is 2. The Bertz CT molecular complexity index is 369. The predicted molar refractivity (Wildman–Crippen MR) is 90.0 cm³/mol. The molecule has 0 aliphatic rings. The lowest BCUT2D eigenvalue weighted by Crippen LogP contribution is -2.37. The van der Waals surface area contributed by atoms with Crippen LogP contribution in [0.4, 0.5) is 0 Å². The van der Waals surface area contributed by atoms with Crippen LogP contribution in [0.2, 0.25) is 5.02 Å². The first-order valence-corrected chi connectivity index (χ1v) is 6.33. The normalized spacial score (nSPS) is 10.7. The van der Waals surface area contributed by atoms with E-state index in [1.165, 1.54) is 6.42 Å². The summed E-state index contributed by atoms with van der Waals surface area (Å²) in [7, 11) is 1.77. The lowest BCUT2D eigenvalue weighted by atomic mass is 10.2. The molecule has 102 valence electrons. The summed E-state index contributed by atoms with van der Waals surface area (Å²) >= 11 is 6.08. The van der Waals surface area contributed by atoms with Crippen molar-refractivity contribution >= 4 is 41.5 Å². The van der Waals surface area contributed by atoms with Gasteiger partial charge in [-0.3, -0.25) is 4.99 Å². The molecule has 0 amide bonds. The van der Waals surface area contributed by atoms with Crippen molar-refractivity contribution in [2.24, 2.45) is 4.99 Å². The topological polar surface area (TPSA) is 36.4 Å². The van der Waals surface area contributed by atoms with Gasteiger partial charge in [0.25, 0.3) is 0 Å². The third-order valence-electron chi connectivity index (χ3n) is 2.45. The fourth-order valence-electron chi connectivity index (χ4n) is 1.42. The van der Waals surface area contributed by atoms with Crippen LogP contribution in [0.5, 0.6) is 0 Å². The van der Waals surface area contributed by atoms with Gasteiger partial charge in [0.05, 0.1) is 0 Å². The monoisotopic (exact) mass is 381 g/mol. The van der Waals surface area contributed by atoms with Gasteiger partial charge < -0.3 is 10.6 Å². The molecule has 3 nitrogen and oxygen atoms in total. The highest BCUT2D eigenvalue weighted by Gasteiger charge is 2.00. The van der Waals surface area contributed by atoms with Gasteiger partial charge in [-0.15, -0.1) is 24.0 Å². The van der Waals surface area contributed by atoms with E-state index in [9.17, 15) is 0 Å². The van der Waals surface area contributed by atoms with Gasteiger partial charge in [-0.1, -0.05) is 43.1 Å². The number of halogens is 2. The second kappa shape index (κ2) is 10.4. The van der Waals surface area contributed by atoms with Gasteiger partial charge in [0.15, 0.2) is 5.96 Å². The summed E-state index contributed by atoms with van der Waals surface area (Å²) in [4.78, 5) is 4.16. The summed E-state index contributed by atoms with van der Waals surface area (Å²) in [6.45, 7) is 3.80.